The van der Waals surface area contributed by atoms with Crippen LogP contribution >= 0.6 is 0 Å². The SMILES string of the molecule is CCCCNc1cc(CC)cc(O)c1O. The normalized spacial score (nSPS) is 10.3. The molecule has 1 aromatic rings. The molecule has 3 heteroatoms. The van der Waals surface area contributed by atoms with Gasteiger partial charge in [-0.15, -0.1) is 0 Å². The monoisotopic (exact) mass is 209 g/mol. The van der Waals surface area contributed by atoms with Crippen LogP contribution in [0.4, 0.5) is 5.69 Å². The van der Waals surface area contributed by atoms with E-state index in [-0.39, 0.29) is 11.5 Å². The Morgan fingerprint density at radius 3 is 2.53 bits per heavy atom. The zero-order chi connectivity index (χ0) is 11.3. The van der Waals surface area contributed by atoms with Crippen molar-refractivity contribution in [1.82, 2.24) is 0 Å². The molecule has 0 amide bonds. The second-order valence-electron chi connectivity index (χ2n) is 3.64. The van der Waals surface area contributed by atoms with Crippen molar-refractivity contribution in [1.29, 1.82) is 0 Å². The maximum atomic E-state index is 9.60. The Labute approximate surface area is 90.8 Å². The Morgan fingerprint density at radius 2 is 1.93 bits per heavy atom. The maximum absolute atomic E-state index is 9.60. The van der Waals surface area contributed by atoms with Crippen molar-refractivity contribution >= 4 is 5.69 Å². The second-order valence-corrected chi connectivity index (χ2v) is 3.64. The van der Waals surface area contributed by atoms with Crippen LogP contribution in [0.2, 0.25) is 0 Å². The molecule has 84 valence electrons. The van der Waals surface area contributed by atoms with Gasteiger partial charge in [-0.1, -0.05) is 20.3 Å². The zero-order valence-electron chi connectivity index (χ0n) is 9.38. The minimum atomic E-state index is -0.0525. The molecule has 0 spiro atoms. The number of anilines is 1. The van der Waals surface area contributed by atoms with E-state index in [0.29, 0.717) is 5.69 Å². The topological polar surface area (TPSA) is 52.5 Å². The van der Waals surface area contributed by atoms with Crippen molar-refractivity contribution in [2.75, 3.05) is 11.9 Å². The van der Waals surface area contributed by atoms with E-state index < -0.39 is 0 Å². The molecule has 1 aromatic carbocycles. The number of aromatic hydroxyl groups is 2. The molecule has 0 saturated heterocycles. The predicted octanol–water partition coefficient (Wildman–Crippen LogP) is 2.87. The molecular weight excluding hydrogens is 190 g/mol. The minimum Gasteiger partial charge on any atom is -0.504 e. The van der Waals surface area contributed by atoms with E-state index in [1.54, 1.807) is 6.07 Å². The number of unbranched alkanes of at least 4 members (excludes halogenated alkanes) is 1. The Morgan fingerprint density at radius 1 is 1.20 bits per heavy atom. The van der Waals surface area contributed by atoms with Crippen LogP contribution < -0.4 is 5.32 Å². The van der Waals surface area contributed by atoms with Crippen molar-refractivity contribution in [3.8, 4) is 11.5 Å². The van der Waals surface area contributed by atoms with Gasteiger partial charge in [0.15, 0.2) is 11.5 Å². The van der Waals surface area contributed by atoms with Gasteiger partial charge in [0.1, 0.15) is 0 Å². The molecule has 0 fully saturated rings. The van der Waals surface area contributed by atoms with Crippen LogP contribution in [0, 0.1) is 0 Å². The Hall–Kier alpha value is -1.38. The Kier molecular flexibility index (Phi) is 4.28. The summed E-state index contributed by atoms with van der Waals surface area (Å²) < 4.78 is 0. The molecule has 0 aliphatic heterocycles. The van der Waals surface area contributed by atoms with Crippen molar-refractivity contribution in [2.45, 2.75) is 33.1 Å². The van der Waals surface area contributed by atoms with Crippen LogP contribution in [0.3, 0.4) is 0 Å². The fourth-order valence-corrected chi connectivity index (χ4v) is 1.42. The van der Waals surface area contributed by atoms with Crippen LogP contribution in [0.15, 0.2) is 12.1 Å². The minimum absolute atomic E-state index is 0.0478. The van der Waals surface area contributed by atoms with Gasteiger partial charge < -0.3 is 15.5 Å². The molecule has 0 bridgehead atoms. The lowest BCUT2D eigenvalue weighted by molar-refractivity contribution is 0.404. The fraction of sp³-hybridized carbons (Fsp3) is 0.500. The molecule has 3 N–H and O–H groups in total. The second kappa shape index (κ2) is 5.49. The van der Waals surface area contributed by atoms with E-state index in [2.05, 4.69) is 12.2 Å². The fourth-order valence-electron chi connectivity index (χ4n) is 1.42. The van der Waals surface area contributed by atoms with Crippen molar-refractivity contribution < 1.29 is 10.2 Å². The average molecular weight is 209 g/mol. The highest BCUT2D eigenvalue weighted by atomic mass is 16.3. The van der Waals surface area contributed by atoms with Gasteiger partial charge in [0, 0.05) is 6.54 Å². The van der Waals surface area contributed by atoms with Gasteiger partial charge in [-0.25, -0.2) is 0 Å². The molecule has 0 saturated carbocycles. The number of aryl methyl sites for hydroxylation is 1. The van der Waals surface area contributed by atoms with Gasteiger partial charge in [0.25, 0.3) is 0 Å². The van der Waals surface area contributed by atoms with Crippen LogP contribution in [0.25, 0.3) is 0 Å². The van der Waals surface area contributed by atoms with E-state index in [1.807, 2.05) is 13.0 Å². The number of rotatable bonds is 5. The molecule has 0 heterocycles. The lowest BCUT2D eigenvalue weighted by Crippen LogP contribution is -2.01. The van der Waals surface area contributed by atoms with Gasteiger partial charge in [-0.05, 0) is 30.5 Å². The number of benzene rings is 1. The Bertz CT molecular complexity index is 324. The lowest BCUT2D eigenvalue weighted by Gasteiger charge is -2.10. The van der Waals surface area contributed by atoms with E-state index in [1.165, 1.54) is 0 Å². The van der Waals surface area contributed by atoms with Gasteiger partial charge >= 0.3 is 0 Å². The van der Waals surface area contributed by atoms with Crippen LogP contribution in [-0.4, -0.2) is 16.8 Å². The van der Waals surface area contributed by atoms with E-state index >= 15 is 0 Å². The number of nitrogens with one attached hydrogen (secondary N) is 1. The molecule has 3 nitrogen and oxygen atoms in total. The zero-order valence-corrected chi connectivity index (χ0v) is 9.38. The molecular formula is C12H19NO2. The number of phenols is 2. The summed E-state index contributed by atoms with van der Waals surface area (Å²) in [7, 11) is 0. The van der Waals surface area contributed by atoms with Crippen molar-refractivity contribution in [3.63, 3.8) is 0 Å². The summed E-state index contributed by atoms with van der Waals surface area (Å²) in [5, 5.41) is 22.2. The molecule has 0 aliphatic rings. The standard InChI is InChI=1S/C12H19NO2/c1-3-5-6-13-10-7-9(4-2)8-11(14)12(10)15/h7-8,13-15H,3-6H2,1-2H3. The summed E-state index contributed by atoms with van der Waals surface area (Å²) in [5.74, 6) is -0.100. The van der Waals surface area contributed by atoms with Crippen LogP contribution in [0.1, 0.15) is 32.3 Å². The highest BCUT2D eigenvalue weighted by molar-refractivity contribution is 5.63. The van der Waals surface area contributed by atoms with Gasteiger partial charge in [-0.2, -0.15) is 0 Å². The van der Waals surface area contributed by atoms with Gasteiger partial charge in [-0.3, -0.25) is 0 Å². The molecule has 0 aromatic heterocycles. The van der Waals surface area contributed by atoms with Gasteiger partial charge in [0.05, 0.1) is 5.69 Å². The quantitative estimate of drug-likeness (QED) is 0.516. The number of hydrogen-bond donors (Lipinski definition) is 3. The molecule has 0 aliphatic carbocycles. The van der Waals surface area contributed by atoms with Crippen LogP contribution in [-0.2, 0) is 6.42 Å². The van der Waals surface area contributed by atoms with Crippen molar-refractivity contribution in [2.24, 2.45) is 0 Å². The first-order chi connectivity index (χ1) is 7.19. The maximum Gasteiger partial charge on any atom is 0.181 e. The van der Waals surface area contributed by atoms with Crippen molar-refractivity contribution in [3.05, 3.63) is 17.7 Å². The molecule has 0 unspecified atom stereocenters. The molecule has 1 rings (SSSR count). The number of phenolic OH excluding ortho intramolecular Hbond substituents is 2. The highest BCUT2D eigenvalue weighted by Crippen LogP contribution is 2.34. The first kappa shape index (κ1) is 11.7. The third-order valence-corrected chi connectivity index (χ3v) is 2.40. The Balaban J connectivity index is 2.80. The van der Waals surface area contributed by atoms with Crippen LogP contribution in [0.5, 0.6) is 11.5 Å². The predicted molar refractivity (Wildman–Crippen MR) is 62.5 cm³/mol. The van der Waals surface area contributed by atoms with E-state index in [4.69, 9.17) is 0 Å². The average Bonchev–Trinajstić information content (AvgIpc) is 2.24. The third kappa shape index (κ3) is 3.05. The molecule has 0 atom stereocenters. The number of hydrogen-bond acceptors (Lipinski definition) is 3. The summed E-state index contributed by atoms with van der Waals surface area (Å²) in [6, 6.07) is 3.48. The summed E-state index contributed by atoms with van der Waals surface area (Å²) in [6.45, 7) is 4.94. The molecule has 15 heavy (non-hydrogen) atoms. The van der Waals surface area contributed by atoms with Gasteiger partial charge in [0.2, 0.25) is 0 Å². The summed E-state index contributed by atoms with van der Waals surface area (Å²) in [4.78, 5) is 0. The summed E-state index contributed by atoms with van der Waals surface area (Å²) in [5.41, 5.74) is 1.64. The largest absolute Gasteiger partial charge is 0.504 e. The van der Waals surface area contributed by atoms with E-state index in [9.17, 15) is 10.2 Å². The smallest absolute Gasteiger partial charge is 0.181 e. The first-order valence-corrected chi connectivity index (χ1v) is 5.47. The molecule has 0 radical (unpaired) electrons. The summed E-state index contributed by atoms with van der Waals surface area (Å²) >= 11 is 0. The van der Waals surface area contributed by atoms with E-state index in [0.717, 1.165) is 31.4 Å². The highest BCUT2D eigenvalue weighted by Gasteiger charge is 2.07. The third-order valence-electron chi connectivity index (χ3n) is 2.40. The summed E-state index contributed by atoms with van der Waals surface area (Å²) in [6.07, 6.45) is 3.00. The first-order valence-electron chi connectivity index (χ1n) is 5.47. The lowest BCUT2D eigenvalue weighted by atomic mass is 10.1.